The van der Waals surface area contributed by atoms with Crippen LogP contribution in [-0.4, -0.2) is 35.7 Å². The number of hydrogen-bond donors (Lipinski definition) is 0. The van der Waals surface area contributed by atoms with Crippen LogP contribution in [0.2, 0.25) is 0 Å². The second-order valence-electron chi connectivity index (χ2n) is 8.33. The van der Waals surface area contributed by atoms with Gasteiger partial charge in [-0.1, -0.05) is 38.0 Å². The van der Waals surface area contributed by atoms with Gasteiger partial charge in [0.1, 0.15) is 6.07 Å². The number of carbonyl (C=O) groups excluding carboxylic acids is 1. The van der Waals surface area contributed by atoms with Crippen LogP contribution in [0.5, 0.6) is 11.5 Å². The van der Waals surface area contributed by atoms with Gasteiger partial charge in [0.25, 0.3) is 5.91 Å². The number of benzene rings is 2. The van der Waals surface area contributed by atoms with Crippen molar-refractivity contribution in [1.82, 2.24) is 4.90 Å². The van der Waals surface area contributed by atoms with Crippen molar-refractivity contribution in [2.75, 3.05) is 13.7 Å². The van der Waals surface area contributed by atoms with Gasteiger partial charge in [-0.15, -0.1) is 0 Å². The largest absolute Gasteiger partial charge is 0.493 e. The van der Waals surface area contributed by atoms with Crippen LogP contribution in [0.15, 0.2) is 56.8 Å². The van der Waals surface area contributed by atoms with E-state index >= 15 is 0 Å². The first-order valence-corrected chi connectivity index (χ1v) is 12.9. The van der Waals surface area contributed by atoms with E-state index < -0.39 is 0 Å². The molecule has 0 radical (unpaired) electrons. The predicted octanol–water partition coefficient (Wildman–Crippen LogP) is 6.54. The summed E-state index contributed by atoms with van der Waals surface area (Å²) in [5, 5.41) is 9.56. The molecule has 2 atom stereocenters. The van der Waals surface area contributed by atoms with Crippen molar-refractivity contribution in [3.8, 4) is 17.6 Å². The van der Waals surface area contributed by atoms with Gasteiger partial charge in [0.15, 0.2) is 23.3 Å². The summed E-state index contributed by atoms with van der Waals surface area (Å²) < 4.78 is 11.6. The molecule has 34 heavy (non-hydrogen) atoms. The van der Waals surface area contributed by atoms with Crippen molar-refractivity contribution in [3.63, 3.8) is 0 Å². The number of amides is 1. The van der Waals surface area contributed by atoms with E-state index in [0.717, 1.165) is 35.7 Å². The normalized spacial score (nSPS) is 22.8. The van der Waals surface area contributed by atoms with E-state index in [2.05, 4.69) is 22.9 Å². The van der Waals surface area contributed by atoms with E-state index in [0.29, 0.717) is 26.8 Å². The Labute approximate surface area is 212 Å². The zero-order chi connectivity index (χ0) is 24.1. The van der Waals surface area contributed by atoms with Gasteiger partial charge >= 0.3 is 0 Å². The molecule has 1 saturated carbocycles. The van der Waals surface area contributed by atoms with E-state index in [9.17, 15) is 4.79 Å². The first-order valence-electron chi connectivity index (χ1n) is 11.3. The maximum absolute atomic E-state index is 13.7. The number of hydrogen-bond acceptors (Lipinski definition) is 6. The third kappa shape index (κ3) is 5.31. The molecular formula is C26H26BrN3O3S. The van der Waals surface area contributed by atoms with Crippen LogP contribution in [0.4, 0.5) is 5.69 Å². The van der Waals surface area contributed by atoms with E-state index in [1.165, 1.54) is 18.2 Å². The van der Waals surface area contributed by atoms with Gasteiger partial charge in [0, 0.05) is 6.04 Å². The molecule has 0 N–H and O–H groups in total. The van der Waals surface area contributed by atoms with Crippen LogP contribution in [0.3, 0.4) is 0 Å². The predicted molar refractivity (Wildman–Crippen MR) is 139 cm³/mol. The quantitative estimate of drug-likeness (QED) is 0.389. The number of para-hydroxylation sites is 1. The number of nitriles is 1. The Bertz CT molecular complexity index is 1160. The van der Waals surface area contributed by atoms with Crippen LogP contribution in [-0.2, 0) is 4.79 Å². The van der Waals surface area contributed by atoms with Crippen LogP contribution in [0.25, 0.3) is 6.08 Å². The van der Waals surface area contributed by atoms with Gasteiger partial charge in [0.2, 0.25) is 0 Å². The highest BCUT2D eigenvalue weighted by Gasteiger charge is 2.41. The number of methoxy groups -OCH3 is 1. The van der Waals surface area contributed by atoms with Crippen LogP contribution >= 0.6 is 27.7 Å². The van der Waals surface area contributed by atoms with Gasteiger partial charge in [-0.25, -0.2) is 4.99 Å². The summed E-state index contributed by atoms with van der Waals surface area (Å²) in [6, 6.07) is 15.5. The monoisotopic (exact) mass is 539 g/mol. The summed E-state index contributed by atoms with van der Waals surface area (Å²) in [5.74, 6) is 1.35. The SMILES string of the molecule is COc1cc(/C=C2\SC(=Nc3ccccc3)N([C@@H]3CCCC[C@@H]3C)C2=O)cc(Br)c1OCC#N. The molecule has 4 rings (SSSR count). The smallest absolute Gasteiger partial charge is 0.267 e. The fourth-order valence-corrected chi connectivity index (χ4v) is 5.99. The third-order valence-corrected chi connectivity index (χ3v) is 7.62. The van der Waals surface area contributed by atoms with Crippen molar-refractivity contribution in [1.29, 1.82) is 5.26 Å². The minimum absolute atomic E-state index is 0.0154. The van der Waals surface area contributed by atoms with Crippen molar-refractivity contribution in [2.45, 2.75) is 38.6 Å². The second-order valence-corrected chi connectivity index (χ2v) is 10.2. The summed E-state index contributed by atoms with van der Waals surface area (Å²) in [5.41, 5.74) is 1.62. The van der Waals surface area contributed by atoms with Gasteiger partial charge in [0.05, 0.1) is 22.2 Å². The van der Waals surface area contributed by atoms with Crippen molar-refractivity contribution in [3.05, 3.63) is 57.4 Å². The lowest BCUT2D eigenvalue weighted by Crippen LogP contribution is -2.44. The zero-order valence-corrected chi connectivity index (χ0v) is 21.6. The number of carbonyl (C=O) groups is 1. The highest BCUT2D eigenvalue weighted by Crippen LogP contribution is 2.42. The molecular weight excluding hydrogens is 514 g/mol. The van der Waals surface area contributed by atoms with E-state index in [-0.39, 0.29) is 18.6 Å². The summed E-state index contributed by atoms with van der Waals surface area (Å²) >= 11 is 4.91. The summed E-state index contributed by atoms with van der Waals surface area (Å²) in [4.78, 5) is 21.0. The Hall–Kier alpha value is -2.76. The lowest BCUT2D eigenvalue weighted by Gasteiger charge is -2.35. The molecule has 1 amide bonds. The number of nitrogens with zero attached hydrogens (tertiary/aromatic N) is 3. The van der Waals surface area contributed by atoms with Crippen LogP contribution in [0, 0.1) is 17.2 Å². The molecule has 2 aromatic rings. The van der Waals surface area contributed by atoms with E-state index in [1.807, 2.05) is 53.4 Å². The Morgan fingerprint density at radius 3 is 2.74 bits per heavy atom. The average Bonchev–Trinajstić information content (AvgIpc) is 3.13. The zero-order valence-electron chi connectivity index (χ0n) is 19.2. The van der Waals surface area contributed by atoms with Gasteiger partial charge in [-0.3, -0.25) is 9.69 Å². The molecule has 0 aromatic heterocycles. The molecule has 6 nitrogen and oxygen atoms in total. The summed E-state index contributed by atoms with van der Waals surface area (Å²) in [6.07, 6.45) is 6.29. The minimum atomic E-state index is -0.0857. The maximum Gasteiger partial charge on any atom is 0.267 e. The van der Waals surface area contributed by atoms with E-state index in [4.69, 9.17) is 19.7 Å². The molecule has 0 unspecified atom stereocenters. The number of aliphatic imine (C=N–C) groups is 1. The van der Waals surface area contributed by atoms with Crippen molar-refractivity contribution in [2.24, 2.45) is 10.9 Å². The Balaban J connectivity index is 1.71. The lowest BCUT2D eigenvalue weighted by atomic mass is 9.85. The van der Waals surface area contributed by atoms with Crippen LogP contribution in [0.1, 0.15) is 38.2 Å². The Kier molecular flexibility index (Phi) is 7.96. The fraction of sp³-hybridized carbons (Fsp3) is 0.346. The Morgan fingerprint density at radius 1 is 1.26 bits per heavy atom. The molecule has 2 aromatic carbocycles. The molecule has 2 fully saturated rings. The van der Waals surface area contributed by atoms with E-state index in [1.54, 1.807) is 13.2 Å². The van der Waals surface area contributed by atoms with Crippen LogP contribution < -0.4 is 9.47 Å². The van der Waals surface area contributed by atoms with Gasteiger partial charge < -0.3 is 9.47 Å². The van der Waals surface area contributed by atoms with Crippen molar-refractivity contribution >= 4 is 50.5 Å². The van der Waals surface area contributed by atoms with Crippen molar-refractivity contribution < 1.29 is 14.3 Å². The molecule has 1 saturated heterocycles. The Morgan fingerprint density at radius 2 is 2.03 bits per heavy atom. The third-order valence-electron chi connectivity index (χ3n) is 6.05. The second kappa shape index (κ2) is 11.1. The number of ether oxygens (including phenoxy) is 2. The molecule has 1 aliphatic carbocycles. The molecule has 1 aliphatic heterocycles. The number of amidine groups is 1. The van der Waals surface area contributed by atoms with Gasteiger partial charge in [-0.05, 0) is 82.4 Å². The molecule has 2 aliphatic rings. The number of rotatable bonds is 6. The highest BCUT2D eigenvalue weighted by atomic mass is 79.9. The molecule has 0 spiro atoms. The first kappa shape index (κ1) is 24.4. The number of halogens is 1. The first-order chi connectivity index (χ1) is 16.5. The highest BCUT2D eigenvalue weighted by molar-refractivity contribution is 9.10. The molecule has 176 valence electrons. The maximum atomic E-state index is 13.7. The van der Waals surface area contributed by atoms with Gasteiger partial charge in [-0.2, -0.15) is 5.26 Å². The average molecular weight is 540 g/mol. The molecule has 8 heteroatoms. The molecule has 0 bridgehead atoms. The summed E-state index contributed by atoms with van der Waals surface area (Å²) in [6.45, 7) is 2.14. The summed E-state index contributed by atoms with van der Waals surface area (Å²) in [7, 11) is 1.55. The molecule has 1 heterocycles. The lowest BCUT2D eigenvalue weighted by molar-refractivity contribution is -0.124. The fourth-order valence-electron chi connectivity index (χ4n) is 4.37. The number of thioether (sulfide) groups is 1. The minimum Gasteiger partial charge on any atom is -0.493 e. The topological polar surface area (TPSA) is 74.9 Å². The standard InChI is InChI=1S/C26H26BrN3O3S/c1-17-8-6-7-11-21(17)30-25(31)23(34-26(30)29-19-9-4-3-5-10-19)16-18-14-20(27)24(33-13-12-28)22(15-18)32-2/h3-5,9-10,14-17,21H,6-8,11,13H2,1-2H3/b23-16-,29-26?/t17-,21+/m0/s1.